The normalized spacial score (nSPS) is 17.4. The van der Waals surface area contributed by atoms with E-state index in [1.807, 2.05) is 0 Å². The average molecular weight is 423 g/mol. The van der Waals surface area contributed by atoms with Gasteiger partial charge in [0.05, 0.1) is 21.1 Å². The third-order valence-electron chi connectivity index (χ3n) is 4.32. The van der Waals surface area contributed by atoms with Crippen LogP contribution in [0.3, 0.4) is 0 Å². The quantitative estimate of drug-likeness (QED) is 0.770. The number of anilines is 2. The van der Waals surface area contributed by atoms with Crippen LogP contribution >= 0.6 is 11.8 Å². The number of thioether (sulfide) groups is 1. The Morgan fingerprint density at radius 2 is 2.04 bits per heavy atom. The van der Waals surface area contributed by atoms with Gasteiger partial charge in [0.2, 0.25) is 11.8 Å². The molecule has 1 aliphatic rings. The van der Waals surface area contributed by atoms with E-state index in [1.165, 1.54) is 49.0 Å². The van der Waals surface area contributed by atoms with E-state index in [-0.39, 0.29) is 28.2 Å². The molecule has 2 amide bonds. The summed E-state index contributed by atoms with van der Waals surface area (Å²) >= 11 is 1.36. The van der Waals surface area contributed by atoms with E-state index in [9.17, 15) is 22.4 Å². The van der Waals surface area contributed by atoms with E-state index in [4.69, 9.17) is 0 Å². The fourth-order valence-corrected chi connectivity index (χ4v) is 5.05. The van der Waals surface area contributed by atoms with Gasteiger partial charge in [-0.2, -0.15) is 0 Å². The Kier molecular flexibility index (Phi) is 5.76. The molecule has 2 N–H and O–H groups in total. The first-order valence-electron chi connectivity index (χ1n) is 8.57. The number of fused-ring (bicyclic) bond motifs is 1. The van der Waals surface area contributed by atoms with Gasteiger partial charge in [0, 0.05) is 17.0 Å². The van der Waals surface area contributed by atoms with E-state index >= 15 is 0 Å². The zero-order chi connectivity index (χ0) is 20.5. The number of hydrogen-bond acceptors (Lipinski definition) is 5. The van der Waals surface area contributed by atoms with Gasteiger partial charge in [-0.15, -0.1) is 11.8 Å². The number of carbonyl (C=O) groups excluding carboxylic acids is 2. The summed E-state index contributed by atoms with van der Waals surface area (Å²) in [7, 11) is -3.79. The fraction of sp³-hybridized carbons (Fsp3) is 0.263. The van der Waals surface area contributed by atoms with Crippen molar-refractivity contribution >= 4 is 44.8 Å². The lowest BCUT2D eigenvalue weighted by Crippen LogP contribution is -2.27. The largest absolute Gasteiger partial charge is 0.326 e. The average Bonchev–Trinajstić information content (AvgIpc) is 2.62. The molecule has 0 unspecified atom stereocenters. The lowest BCUT2D eigenvalue weighted by molar-refractivity contribution is -0.116. The van der Waals surface area contributed by atoms with Crippen molar-refractivity contribution in [3.63, 3.8) is 0 Å². The number of sulfone groups is 1. The van der Waals surface area contributed by atoms with Gasteiger partial charge >= 0.3 is 0 Å². The van der Waals surface area contributed by atoms with Crippen molar-refractivity contribution in [1.82, 2.24) is 0 Å². The first kappa shape index (κ1) is 20.3. The molecule has 0 bridgehead atoms. The molecule has 1 aliphatic heterocycles. The minimum atomic E-state index is -3.79. The smallest absolute Gasteiger partial charge is 0.237 e. The van der Waals surface area contributed by atoms with Crippen molar-refractivity contribution < 1.29 is 22.4 Å². The van der Waals surface area contributed by atoms with E-state index < -0.39 is 26.8 Å². The summed E-state index contributed by atoms with van der Waals surface area (Å²) in [4.78, 5) is 24.8. The second kappa shape index (κ2) is 7.92. The van der Waals surface area contributed by atoms with Crippen molar-refractivity contribution in [3.8, 4) is 0 Å². The van der Waals surface area contributed by atoms with E-state index in [1.54, 1.807) is 13.0 Å². The highest BCUT2D eigenvalue weighted by molar-refractivity contribution is 8.01. The van der Waals surface area contributed by atoms with Crippen molar-refractivity contribution in [2.45, 2.75) is 40.6 Å². The van der Waals surface area contributed by atoms with Gasteiger partial charge in [0.25, 0.3) is 0 Å². The molecule has 2 atom stereocenters. The molecular weight excluding hydrogens is 403 g/mol. The van der Waals surface area contributed by atoms with Crippen LogP contribution < -0.4 is 10.6 Å². The third-order valence-corrected chi connectivity index (χ3v) is 7.64. The minimum Gasteiger partial charge on any atom is -0.326 e. The van der Waals surface area contributed by atoms with Crippen molar-refractivity contribution in [2.24, 2.45) is 0 Å². The molecule has 0 aromatic heterocycles. The maximum Gasteiger partial charge on any atom is 0.237 e. The number of halogens is 1. The number of nitrogens with one attached hydrogen (secondary N) is 2. The van der Waals surface area contributed by atoms with Crippen LogP contribution in [0, 0.1) is 5.82 Å². The topological polar surface area (TPSA) is 92.3 Å². The van der Waals surface area contributed by atoms with E-state index in [0.29, 0.717) is 5.69 Å². The Bertz CT molecular complexity index is 1040. The van der Waals surface area contributed by atoms with Crippen LogP contribution in [0.15, 0.2) is 52.3 Å². The Morgan fingerprint density at radius 3 is 2.75 bits per heavy atom. The number of benzene rings is 2. The third kappa shape index (κ3) is 4.36. The molecule has 0 aliphatic carbocycles. The molecule has 0 spiro atoms. The van der Waals surface area contributed by atoms with Crippen LogP contribution in [0.5, 0.6) is 0 Å². The van der Waals surface area contributed by atoms with Crippen molar-refractivity contribution in [1.29, 1.82) is 0 Å². The maximum absolute atomic E-state index is 13.2. The Balaban J connectivity index is 1.74. The second-order valence-electron chi connectivity index (χ2n) is 6.53. The van der Waals surface area contributed by atoms with Gasteiger partial charge in [-0.1, -0.05) is 6.07 Å². The molecule has 6 nitrogen and oxygen atoms in total. The van der Waals surface area contributed by atoms with Crippen LogP contribution in [0.25, 0.3) is 0 Å². The molecule has 2 aromatic carbocycles. The SMILES string of the molecule is C[C@H]1Sc2ccc(S(=O)(=O)[C@@H](C)CC(=O)Nc3cccc(F)c3)cc2NC1=O. The lowest BCUT2D eigenvalue weighted by atomic mass is 10.2. The standard InChI is InChI=1S/C19H19FN2O4S2/c1-11(8-18(23)21-14-5-3-4-13(20)9-14)28(25,26)15-6-7-17-16(10-15)22-19(24)12(2)27-17/h3-7,9-12H,8H2,1-2H3,(H,21,23)(H,22,24)/t11-,12+/m0/s1. The molecule has 0 saturated carbocycles. The summed E-state index contributed by atoms with van der Waals surface area (Å²) in [6.45, 7) is 3.21. The lowest BCUT2D eigenvalue weighted by Gasteiger charge is -2.22. The minimum absolute atomic E-state index is 0.0350. The van der Waals surface area contributed by atoms with Gasteiger partial charge in [0.15, 0.2) is 9.84 Å². The van der Waals surface area contributed by atoms with Crippen molar-refractivity contribution in [2.75, 3.05) is 10.6 Å². The van der Waals surface area contributed by atoms with Crippen LogP contribution in [-0.4, -0.2) is 30.7 Å². The monoisotopic (exact) mass is 422 g/mol. The number of amides is 2. The van der Waals surface area contributed by atoms with Gasteiger partial charge in [-0.05, 0) is 50.2 Å². The Hall–Kier alpha value is -2.39. The number of hydrogen-bond donors (Lipinski definition) is 2. The Labute approximate surface area is 166 Å². The van der Waals surface area contributed by atoms with Crippen LogP contribution in [0.1, 0.15) is 20.3 Å². The van der Waals surface area contributed by atoms with Crippen LogP contribution in [0.4, 0.5) is 15.8 Å². The van der Waals surface area contributed by atoms with Gasteiger partial charge < -0.3 is 10.6 Å². The molecule has 1 heterocycles. The number of carbonyl (C=O) groups is 2. The van der Waals surface area contributed by atoms with E-state index in [2.05, 4.69) is 10.6 Å². The first-order chi connectivity index (χ1) is 13.2. The molecule has 2 aromatic rings. The molecular formula is C19H19FN2O4S2. The predicted octanol–water partition coefficient (Wildman–Crippen LogP) is 3.45. The highest BCUT2D eigenvalue weighted by Gasteiger charge is 2.29. The van der Waals surface area contributed by atoms with Crippen molar-refractivity contribution in [3.05, 3.63) is 48.3 Å². The zero-order valence-corrected chi connectivity index (χ0v) is 16.9. The molecule has 28 heavy (non-hydrogen) atoms. The number of rotatable bonds is 5. The first-order valence-corrected chi connectivity index (χ1v) is 11.0. The van der Waals surface area contributed by atoms with Gasteiger partial charge in [-0.25, -0.2) is 12.8 Å². The second-order valence-corrected chi connectivity index (χ2v) is 10.3. The van der Waals surface area contributed by atoms with Crippen LogP contribution in [0.2, 0.25) is 0 Å². The summed E-state index contributed by atoms with van der Waals surface area (Å²) in [5.74, 6) is -1.21. The van der Waals surface area contributed by atoms with Gasteiger partial charge in [-0.3, -0.25) is 9.59 Å². The van der Waals surface area contributed by atoms with E-state index in [0.717, 1.165) is 11.0 Å². The van der Waals surface area contributed by atoms with Crippen LogP contribution in [-0.2, 0) is 19.4 Å². The fourth-order valence-electron chi connectivity index (χ4n) is 2.75. The summed E-state index contributed by atoms with van der Waals surface area (Å²) in [5, 5.41) is 3.95. The molecule has 0 saturated heterocycles. The van der Waals surface area contributed by atoms with Gasteiger partial charge in [0.1, 0.15) is 5.82 Å². The molecule has 3 rings (SSSR count). The Morgan fingerprint density at radius 1 is 1.29 bits per heavy atom. The summed E-state index contributed by atoms with van der Waals surface area (Å²) in [5.41, 5.74) is 0.711. The molecule has 0 radical (unpaired) electrons. The molecule has 0 fully saturated rings. The molecule has 148 valence electrons. The summed E-state index contributed by atoms with van der Waals surface area (Å²) in [6, 6.07) is 9.92. The highest BCUT2D eigenvalue weighted by Crippen LogP contribution is 2.37. The maximum atomic E-state index is 13.2. The predicted molar refractivity (Wildman–Crippen MR) is 107 cm³/mol. The molecule has 9 heteroatoms. The zero-order valence-electron chi connectivity index (χ0n) is 15.2. The highest BCUT2D eigenvalue weighted by atomic mass is 32.2. The summed E-state index contributed by atoms with van der Waals surface area (Å²) < 4.78 is 38.9. The summed E-state index contributed by atoms with van der Waals surface area (Å²) in [6.07, 6.45) is -0.284.